The summed E-state index contributed by atoms with van der Waals surface area (Å²) in [5, 5.41) is 0.467. The van der Waals surface area contributed by atoms with Crippen molar-refractivity contribution in [2.45, 2.75) is 4.90 Å². The number of benzene rings is 2. The standard InChI is InChI=1S/C14H14BrClN2O2S/c1-18(2)14-8-5-11(16)9-13(14)17-21(19,20)12-6-3-10(15)4-7-12/h3-9,17H,1-2H3. The number of nitrogens with one attached hydrogen (secondary N) is 1. The lowest BCUT2D eigenvalue weighted by Crippen LogP contribution is -2.17. The molecule has 0 atom stereocenters. The van der Waals surface area contributed by atoms with Gasteiger partial charge in [-0.3, -0.25) is 4.72 Å². The van der Waals surface area contributed by atoms with Gasteiger partial charge in [0.1, 0.15) is 0 Å². The van der Waals surface area contributed by atoms with E-state index in [0.29, 0.717) is 10.7 Å². The molecule has 112 valence electrons. The van der Waals surface area contributed by atoms with E-state index in [0.717, 1.165) is 10.2 Å². The summed E-state index contributed by atoms with van der Waals surface area (Å²) in [6.07, 6.45) is 0. The van der Waals surface area contributed by atoms with Crippen LogP contribution in [0.2, 0.25) is 5.02 Å². The Kier molecular flexibility index (Phi) is 4.81. The SMILES string of the molecule is CN(C)c1ccc(Cl)cc1NS(=O)(=O)c1ccc(Br)cc1. The van der Waals surface area contributed by atoms with E-state index in [1.54, 1.807) is 30.3 Å². The van der Waals surface area contributed by atoms with Crippen LogP contribution >= 0.6 is 27.5 Å². The fourth-order valence-corrected chi connectivity index (χ4v) is 3.30. The zero-order chi connectivity index (χ0) is 15.6. The van der Waals surface area contributed by atoms with Crippen molar-refractivity contribution in [3.8, 4) is 0 Å². The van der Waals surface area contributed by atoms with Gasteiger partial charge in [-0.1, -0.05) is 27.5 Å². The van der Waals surface area contributed by atoms with Crippen LogP contribution in [0.15, 0.2) is 51.8 Å². The van der Waals surface area contributed by atoms with Crippen LogP contribution in [0, 0.1) is 0 Å². The van der Waals surface area contributed by atoms with E-state index in [9.17, 15) is 8.42 Å². The highest BCUT2D eigenvalue weighted by Gasteiger charge is 2.17. The molecule has 0 aliphatic heterocycles. The minimum absolute atomic E-state index is 0.190. The van der Waals surface area contributed by atoms with Crippen LogP contribution in [0.3, 0.4) is 0 Å². The Balaban J connectivity index is 2.41. The van der Waals surface area contributed by atoms with Crippen LogP contribution in [0.4, 0.5) is 11.4 Å². The third-order valence-corrected chi connectivity index (χ3v) is 4.95. The van der Waals surface area contributed by atoms with Gasteiger partial charge in [-0.15, -0.1) is 0 Å². The lowest BCUT2D eigenvalue weighted by Gasteiger charge is -2.18. The quantitative estimate of drug-likeness (QED) is 0.861. The first-order valence-corrected chi connectivity index (χ1v) is 8.70. The summed E-state index contributed by atoms with van der Waals surface area (Å²) in [5.74, 6) is 0. The molecule has 0 radical (unpaired) electrons. The average molecular weight is 390 g/mol. The summed E-state index contributed by atoms with van der Waals surface area (Å²) in [6.45, 7) is 0. The van der Waals surface area contributed by atoms with Crippen LogP contribution < -0.4 is 9.62 Å². The van der Waals surface area contributed by atoms with E-state index in [4.69, 9.17) is 11.6 Å². The van der Waals surface area contributed by atoms with Gasteiger partial charge in [-0.05, 0) is 42.5 Å². The largest absolute Gasteiger partial charge is 0.376 e. The van der Waals surface area contributed by atoms with Gasteiger partial charge in [0.15, 0.2) is 0 Å². The minimum atomic E-state index is -3.66. The van der Waals surface area contributed by atoms with Gasteiger partial charge >= 0.3 is 0 Å². The lowest BCUT2D eigenvalue weighted by atomic mass is 10.2. The fraction of sp³-hybridized carbons (Fsp3) is 0.143. The molecular formula is C14H14BrClN2O2S. The van der Waals surface area contributed by atoms with E-state index >= 15 is 0 Å². The number of nitrogens with zero attached hydrogens (tertiary/aromatic N) is 1. The molecule has 0 amide bonds. The maximum Gasteiger partial charge on any atom is 0.261 e. The summed E-state index contributed by atoms with van der Waals surface area (Å²) < 4.78 is 28.2. The maximum absolute atomic E-state index is 12.4. The van der Waals surface area contributed by atoms with E-state index in [2.05, 4.69) is 20.7 Å². The van der Waals surface area contributed by atoms with Gasteiger partial charge in [0, 0.05) is 23.6 Å². The molecular weight excluding hydrogens is 376 g/mol. The zero-order valence-electron chi connectivity index (χ0n) is 11.5. The van der Waals surface area contributed by atoms with E-state index in [-0.39, 0.29) is 4.90 Å². The average Bonchev–Trinajstić information content (AvgIpc) is 2.38. The number of hydrogen-bond acceptors (Lipinski definition) is 3. The number of hydrogen-bond donors (Lipinski definition) is 1. The van der Waals surface area contributed by atoms with Gasteiger partial charge in [0.05, 0.1) is 16.3 Å². The second kappa shape index (κ2) is 6.25. The predicted molar refractivity (Wildman–Crippen MR) is 90.7 cm³/mol. The minimum Gasteiger partial charge on any atom is -0.376 e. The van der Waals surface area contributed by atoms with Crippen LogP contribution in [0.5, 0.6) is 0 Å². The first-order valence-electron chi connectivity index (χ1n) is 6.05. The summed E-state index contributed by atoms with van der Waals surface area (Å²) in [4.78, 5) is 2.01. The second-order valence-electron chi connectivity index (χ2n) is 4.62. The Morgan fingerprint density at radius 1 is 1.10 bits per heavy atom. The molecule has 21 heavy (non-hydrogen) atoms. The Hall–Kier alpha value is -1.24. The van der Waals surface area contributed by atoms with Crippen molar-refractivity contribution in [3.05, 3.63) is 52.0 Å². The molecule has 0 saturated heterocycles. The molecule has 0 heterocycles. The molecule has 2 aromatic rings. The number of anilines is 2. The molecule has 0 fully saturated rings. The molecule has 7 heteroatoms. The Bertz CT molecular complexity index is 746. The first kappa shape index (κ1) is 16.1. The van der Waals surface area contributed by atoms with E-state index < -0.39 is 10.0 Å². The van der Waals surface area contributed by atoms with Gasteiger partial charge in [-0.2, -0.15) is 0 Å². The Labute approximate surface area is 137 Å². The van der Waals surface area contributed by atoms with Gasteiger partial charge in [-0.25, -0.2) is 8.42 Å². The fourth-order valence-electron chi connectivity index (χ4n) is 1.80. The van der Waals surface area contributed by atoms with Crippen molar-refractivity contribution in [3.63, 3.8) is 0 Å². The van der Waals surface area contributed by atoms with E-state index in [1.165, 1.54) is 12.1 Å². The van der Waals surface area contributed by atoms with Crippen LogP contribution in [-0.2, 0) is 10.0 Å². The van der Waals surface area contributed by atoms with E-state index in [1.807, 2.05) is 19.0 Å². The predicted octanol–water partition coefficient (Wildman–Crippen LogP) is 3.97. The van der Waals surface area contributed by atoms with Crippen LogP contribution in [-0.4, -0.2) is 22.5 Å². The van der Waals surface area contributed by atoms with Gasteiger partial charge in [0.2, 0.25) is 0 Å². The van der Waals surface area contributed by atoms with Crippen molar-refractivity contribution in [2.75, 3.05) is 23.7 Å². The molecule has 0 aliphatic rings. The highest BCUT2D eigenvalue weighted by atomic mass is 79.9. The molecule has 0 aromatic heterocycles. The molecule has 0 aliphatic carbocycles. The Morgan fingerprint density at radius 3 is 2.29 bits per heavy atom. The summed E-state index contributed by atoms with van der Waals surface area (Å²) in [6, 6.07) is 11.5. The summed E-state index contributed by atoms with van der Waals surface area (Å²) in [7, 11) is 0.00898. The van der Waals surface area contributed by atoms with Crippen molar-refractivity contribution in [1.29, 1.82) is 0 Å². The summed E-state index contributed by atoms with van der Waals surface area (Å²) >= 11 is 9.24. The third kappa shape index (κ3) is 3.90. The first-order chi connectivity index (χ1) is 9.79. The monoisotopic (exact) mass is 388 g/mol. The van der Waals surface area contributed by atoms with Gasteiger partial charge < -0.3 is 4.90 Å². The molecule has 2 rings (SSSR count). The van der Waals surface area contributed by atoms with Crippen LogP contribution in [0.1, 0.15) is 0 Å². The smallest absolute Gasteiger partial charge is 0.261 e. The van der Waals surface area contributed by atoms with Crippen molar-refractivity contribution < 1.29 is 8.42 Å². The molecule has 0 spiro atoms. The van der Waals surface area contributed by atoms with Crippen molar-refractivity contribution in [1.82, 2.24) is 0 Å². The van der Waals surface area contributed by atoms with Gasteiger partial charge in [0.25, 0.3) is 10.0 Å². The van der Waals surface area contributed by atoms with Crippen molar-refractivity contribution in [2.24, 2.45) is 0 Å². The number of halogens is 2. The molecule has 2 aromatic carbocycles. The summed E-state index contributed by atoms with van der Waals surface area (Å²) in [5.41, 5.74) is 1.18. The molecule has 0 bridgehead atoms. The molecule has 1 N–H and O–H groups in total. The maximum atomic E-state index is 12.4. The Morgan fingerprint density at radius 2 is 1.71 bits per heavy atom. The highest BCUT2D eigenvalue weighted by molar-refractivity contribution is 9.10. The highest BCUT2D eigenvalue weighted by Crippen LogP contribution is 2.30. The second-order valence-corrected chi connectivity index (χ2v) is 7.65. The number of sulfonamides is 1. The number of rotatable bonds is 4. The molecule has 0 unspecified atom stereocenters. The topological polar surface area (TPSA) is 49.4 Å². The lowest BCUT2D eigenvalue weighted by molar-refractivity contribution is 0.601. The van der Waals surface area contributed by atoms with Crippen LogP contribution in [0.25, 0.3) is 0 Å². The normalized spacial score (nSPS) is 11.2. The van der Waals surface area contributed by atoms with Crippen molar-refractivity contribution >= 4 is 48.9 Å². The molecule has 4 nitrogen and oxygen atoms in total. The third-order valence-electron chi connectivity index (χ3n) is 2.81. The zero-order valence-corrected chi connectivity index (χ0v) is 14.6. The molecule has 0 saturated carbocycles.